The highest BCUT2D eigenvalue weighted by molar-refractivity contribution is 5.74. The zero-order valence-electron chi connectivity index (χ0n) is 8.46. The zero-order chi connectivity index (χ0) is 10.3. The van der Waals surface area contributed by atoms with Crippen molar-refractivity contribution in [3.8, 4) is 0 Å². The Labute approximate surface area is 88.7 Å². The van der Waals surface area contributed by atoms with Gasteiger partial charge in [-0.1, -0.05) is 18.2 Å². The van der Waals surface area contributed by atoms with Gasteiger partial charge < -0.3 is 9.47 Å². The number of hydrogen-bond donors (Lipinski definition) is 0. The topological polar surface area (TPSA) is 35.5 Å². The van der Waals surface area contributed by atoms with Gasteiger partial charge in [0, 0.05) is 0 Å². The molecule has 1 fully saturated rings. The summed E-state index contributed by atoms with van der Waals surface area (Å²) in [6, 6.07) is 0. The van der Waals surface area contributed by atoms with E-state index in [-0.39, 0.29) is 11.9 Å². The summed E-state index contributed by atoms with van der Waals surface area (Å²) in [6.45, 7) is 0.550. The van der Waals surface area contributed by atoms with E-state index in [2.05, 4.69) is 12.2 Å². The number of carbonyl (C=O) groups is 1. The van der Waals surface area contributed by atoms with Crippen molar-refractivity contribution in [3.63, 3.8) is 0 Å². The molecule has 3 rings (SSSR count). The smallest absolute Gasteiger partial charge is 0.312 e. The van der Waals surface area contributed by atoms with E-state index in [4.69, 9.17) is 9.47 Å². The van der Waals surface area contributed by atoms with Crippen molar-refractivity contribution in [2.75, 3.05) is 6.61 Å². The van der Waals surface area contributed by atoms with Crippen LogP contribution < -0.4 is 0 Å². The molecule has 0 aromatic rings. The van der Waals surface area contributed by atoms with Crippen LogP contribution in [0.4, 0.5) is 0 Å². The second kappa shape index (κ2) is 3.49. The van der Waals surface area contributed by atoms with Crippen molar-refractivity contribution in [2.45, 2.75) is 19.1 Å². The highest BCUT2D eigenvalue weighted by Crippen LogP contribution is 2.44. The van der Waals surface area contributed by atoms with E-state index in [1.165, 1.54) is 0 Å². The maximum absolute atomic E-state index is 11.8. The Morgan fingerprint density at radius 3 is 2.80 bits per heavy atom. The molecule has 0 N–H and O–H groups in total. The summed E-state index contributed by atoms with van der Waals surface area (Å²) in [5.41, 5.74) is 0. The number of hydrogen-bond acceptors (Lipinski definition) is 3. The predicted octanol–water partition coefficient (Wildman–Crippen LogP) is 1.65. The van der Waals surface area contributed by atoms with E-state index in [1.807, 2.05) is 6.08 Å². The maximum atomic E-state index is 11.8. The van der Waals surface area contributed by atoms with Crippen LogP contribution in [0.25, 0.3) is 0 Å². The minimum atomic E-state index is -0.444. The van der Waals surface area contributed by atoms with Gasteiger partial charge in [-0.2, -0.15) is 0 Å². The van der Waals surface area contributed by atoms with E-state index in [0.717, 1.165) is 12.8 Å². The van der Waals surface area contributed by atoms with Gasteiger partial charge in [-0.15, -0.1) is 0 Å². The predicted molar refractivity (Wildman–Crippen MR) is 53.8 cm³/mol. The monoisotopic (exact) mass is 206 g/mol. The van der Waals surface area contributed by atoms with Crippen LogP contribution in [0.1, 0.15) is 12.8 Å². The van der Waals surface area contributed by atoms with E-state index in [1.54, 1.807) is 6.08 Å². The van der Waals surface area contributed by atoms with Crippen LogP contribution in [0.5, 0.6) is 0 Å². The molecule has 1 heterocycles. The van der Waals surface area contributed by atoms with Gasteiger partial charge in [0.2, 0.25) is 6.29 Å². The molecule has 0 radical (unpaired) electrons. The van der Waals surface area contributed by atoms with Gasteiger partial charge in [0.05, 0.1) is 12.5 Å². The number of ether oxygens (including phenoxy) is 2. The summed E-state index contributed by atoms with van der Waals surface area (Å²) >= 11 is 0. The molecule has 4 atom stereocenters. The lowest BCUT2D eigenvalue weighted by atomic mass is 9.94. The number of carbonyl (C=O) groups excluding carboxylic acids is 1. The normalized spacial score (nSPS) is 41.3. The van der Waals surface area contributed by atoms with Crippen molar-refractivity contribution in [3.05, 3.63) is 24.3 Å². The Morgan fingerprint density at radius 1 is 1.27 bits per heavy atom. The largest absolute Gasteiger partial charge is 0.432 e. The molecular formula is C12H14O3. The fourth-order valence-electron chi connectivity index (χ4n) is 2.70. The van der Waals surface area contributed by atoms with Crippen molar-refractivity contribution in [1.82, 2.24) is 0 Å². The van der Waals surface area contributed by atoms with Crippen LogP contribution in [-0.4, -0.2) is 18.9 Å². The molecular weight excluding hydrogens is 192 g/mol. The lowest BCUT2D eigenvalue weighted by Crippen LogP contribution is -2.26. The molecule has 3 nitrogen and oxygen atoms in total. The van der Waals surface area contributed by atoms with Crippen LogP contribution in [0, 0.1) is 17.8 Å². The van der Waals surface area contributed by atoms with Gasteiger partial charge in [-0.05, 0) is 30.8 Å². The van der Waals surface area contributed by atoms with Crippen LogP contribution in [0.3, 0.4) is 0 Å². The minimum absolute atomic E-state index is 0.0672. The molecule has 0 aromatic carbocycles. The second-order valence-electron chi connectivity index (χ2n) is 4.45. The van der Waals surface area contributed by atoms with Gasteiger partial charge in [-0.3, -0.25) is 4.79 Å². The average molecular weight is 206 g/mol. The average Bonchev–Trinajstić information content (AvgIpc) is 2.93. The van der Waals surface area contributed by atoms with Crippen molar-refractivity contribution < 1.29 is 14.3 Å². The summed E-state index contributed by atoms with van der Waals surface area (Å²) < 4.78 is 10.5. The highest BCUT2D eigenvalue weighted by Gasteiger charge is 2.41. The van der Waals surface area contributed by atoms with E-state index in [9.17, 15) is 4.79 Å². The van der Waals surface area contributed by atoms with Crippen molar-refractivity contribution in [2.24, 2.45) is 17.8 Å². The summed E-state index contributed by atoms with van der Waals surface area (Å²) in [5, 5.41) is 0. The number of fused-ring (bicyclic) bond motifs is 2. The van der Waals surface area contributed by atoms with E-state index >= 15 is 0 Å². The third-order valence-electron chi connectivity index (χ3n) is 3.46. The first-order valence-corrected chi connectivity index (χ1v) is 5.50. The van der Waals surface area contributed by atoms with E-state index in [0.29, 0.717) is 18.4 Å². The molecule has 0 amide bonds. The van der Waals surface area contributed by atoms with Crippen molar-refractivity contribution >= 4 is 5.97 Å². The first-order chi connectivity index (χ1) is 7.33. The fraction of sp³-hybridized carbons (Fsp3) is 0.583. The first-order valence-electron chi connectivity index (χ1n) is 5.50. The van der Waals surface area contributed by atoms with Crippen LogP contribution in [0.15, 0.2) is 24.3 Å². The van der Waals surface area contributed by atoms with Gasteiger partial charge in [-0.25, -0.2) is 0 Å². The number of rotatable bonds is 2. The third kappa shape index (κ3) is 1.61. The van der Waals surface area contributed by atoms with Crippen LogP contribution in [-0.2, 0) is 14.3 Å². The molecule has 1 aliphatic heterocycles. The molecule has 2 bridgehead atoms. The summed E-state index contributed by atoms with van der Waals surface area (Å²) in [5.74, 6) is 0.987. The SMILES string of the molecule is O=C(OC1C=CCO1)C1CC2C=CC1C2. The molecule has 4 unspecified atom stereocenters. The van der Waals surface area contributed by atoms with Crippen LogP contribution >= 0.6 is 0 Å². The van der Waals surface area contributed by atoms with Gasteiger partial charge in [0.15, 0.2) is 0 Å². The van der Waals surface area contributed by atoms with Crippen LogP contribution in [0.2, 0.25) is 0 Å². The fourth-order valence-corrected chi connectivity index (χ4v) is 2.70. The van der Waals surface area contributed by atoms with Gasteiger partial charge in [0.25, 0.3) is 0 Å². The van der Waals surface area contributed by atoms with E-state index < -0.39 is 6.29 Å². The lowest BCUT2D eigenvalue weighted by molar-refractivity contribution is -0.170. The molecule has 0 aromatic heterocycles. The second-order valence-corrected chi connectivity index (χ2v) is 4.45. The summed E-state index contributed by atoms with van der Waals surface area (Å²) in [7, 11) is 0. The van der Waals surface area contributed by atoms with Crippen molar-refractivity contribution in [1.29, 1.82) is 0 Å². The van der Waals surface area contributed by atoms with Gasteiger partial charge in [0.1, 0.15) is 0 Å². The molecule has 1 saturated carbocycles. The lowest BCUT2D eigenvalue weighted by Gasteiger charge is -2.18. The molecule has 0 saturated heterocycles. The van der Waals surface area contributed by atoms with Gasteiger partial charge >= 0.3 is 5.97 Å². The quantitative estimate of drug-likeness (QED) is 0.509. The number of allylic oxidation sites excluding steroid dienone is 2. The summed E-state index contributed by atoms with van der Waals surface area (Å²) in [6.07, 6.45) is 9.68. The molecule has 2 aliphatic carbocycles. The highest BCUT2D eigenvalue weighted by atomic mass is 16.7. The summed E-state index contributed by atoms with van der Waals surface area (Å²) in [4.78, 5) is 11.8. The zero-order valence-corrected chi connectivity index (χ0v) is 8.46. The Balaban J connectivity index is 1.61. The first kappa shape index (κ1) is 9.16. The standard InChI is InChI=1S/C12H14O3/c13-12(15-11-2-1-5-14-11)10-7-8-3-4-9(10)6-8/h1-4,8-11H,5-7H2. The number of esters is 1. The third-order valence-corrected chi connectivity index (χ3v) is 3.46. The Morgan fingerprint density at radius 2 is 2.20 bits per heavy atom. The molecule has 3 heteroatoms. The Kier molecular flexibility index (Phi) is 2.13. The maximum Gasteiger partial charge on any atom is 0.312 e. The molecule has 0 spiro atoms. The minimum Gasteiger partial charge on any atom is -0.432 e. The molecule has 3 aliphatic rings. The Bertz CT molecular complexity index is 332. The molecule has 15 heavy (non-hydrogen) atoms. The Hall–Kier alpha value is -1.09. The molecule has 80 valence electrons.